The lowest BCUT2D eigenvalue weighted by molar-refractivity contribution is -0.121. The van der Waals surface area contributed by atoms with E-state index < -0.39 is 6.61 Å². The molecular formula is C16H20F2N2O2. The zero-order chi connectivity index (χ0) is 15.5. The van der Waals surface area contributed by atoms with Crippen molar-refractivity contribution in [3.05, 3.63) is 29.8 Å². The standard InChI is InChI=1S/C16H20F2N2O2/c17-16(18)22-14-4-2-1-3-10(14)7-15(21)20-13-8-11-5-6-12(9-13)19-11/h1-4,11-13,16,19H,5-9H2,(H,20,21). The third kappa shape index (κ3) is 3.74. The molecule has 120 valence electrons. The average molecular weight is 310 g/mol. The monoisotopic (exact) mass is 310 g/mol. The summed E-state index contributed by atoms with van der Waals surface area (Å²) in [6.45, 7) is -2.88. The summed E-state index contributed by atoms with van der Waals surface area (Å²) in [6.07, 6.45) is 4.28. The summed E-state index contributed by atoms with van der Waals surface area (Å²) in [5.41, 5.74) is 0.484. The Kier molecular flexibility index (Phi) is 4.57. The summed E-state index contributed by atoms with van der Waals surface area (Å²) in [4.78, 5) is 12.2. The van der Waals surface area contributed by atoms with E-state index in [9.17, 15) is 13.6 Å². The van der Waals surface area contributed by atoms with E-state index in [1.807, 2.05) is 0 Å². The summed E-state index contributed by atoms with van der Waals surface area (Å²) in [6, 6.07) is 7.60. The Morgan fingerprint density at radius 1 is 1.27 bits per heavy atom. The van der Waals surface area contributed by atoms with Crippen molar-refractivity contribution in [1.82, 2.24) is 10.6 Å². The van der Waals surface area contributed by atoms with Crippen LogP contribution in [0.2, 0.25) is 0 Å². The Hall–Kier alpha value is -1.69. The Morgan fingerprint density at radius 2 is 1.95 bits per heavy atom. The van der Waals surface area contributed by atoms with Crippen LogP contribution >= 0.6 is 0 Å². The molecule has 0 spiro atoms. The van der Waals surface area contributed by atoms with Crippen LogP contribution in [-0.2, 0) is 11.2 Å². The van der Waals surface area contributed by atoms with Gasteiger partial charge in [-0.15, -0.1) is 0 Å². The van der Waals surface area contributed by atoms with E-state index >= 15 is 0 Å². The number of ether oxygens (including phenoxy) is 1. The number of carbonyl (C=O) groups excluding carboxylic acids is 1. The molecule has 2 atom stereocenters. The predicted octanol–water partition coefficient (Wildman–Crippen LogP) is 2.23. The molecule has 1 aromatic rings. The number of nitrogens with one attached hydrogen (secondary N) is 2. The first-order chi connectivity index (χ1) is 10.6. The zero-order valence-corrected chi connectivity index (χ0v) is 12.2. The second kappa shape index (κ2) is 6.60. The van der Waals surface area contributed by atoms with Crippen molar-refractivity contribution in [2.45, 2.75) is 56.8 Å². The molecule has 22 heavy (non-hydrogen) atoms. The van der Waals surface area contributed by atoms with Gasteiger partial charge in [0.05, 0.1) is 6.42 Å². The van der Waals surface area contributed by atoms with E-state index in [4.69, 9.17) is 0 Å². The Morgan fingerprint density at radius 3 is 2.64 bits per heavy atom. The van der Waals surface area contributed by atoms with Crippen LogP contribution < -0.4 is 15.4 Å². The molecule has 3 rings (SSSR count). The number of piperidine rings is 1. The summed E-state index contributed by atoms with van der Waals surface area (Å²) in [7, 11) is 0. The number of carbonyl (C=O) groups is 1. The molecule has 2 unspecified atom stereocenters. The van der Waals surface area contributed by atoms with Crippen molar-refractivity contribution in [3.8, 4) is 5.75 Å². The Labute approximate surface area is 128 Å². The van der Waals surface area contributed by atoms with E-state index in [0.29, 0.717) is 17.6 Å². The van der Waals surface area contributed by atoms with E-state index in [1.54, 1.807) is 18.2 Å². The number of fused-ring (bicyclic) bond motifs is 2. The van der Waals surface area contributed by atoms with Crippen molar-refractivity contribution in [3.63, 3.8) is 0 Å². The number of amides is 1. The molecule has 2 fully saturated rings. The number of alkyl halides is 2. The van der Waals surface area contributed by atoms with Gasteiger partial charge < -0.3 is 15.4 Å². The molecule has 4 nitrogen and oxygen atoms in total. The number of benzene rings is 1. The highest BCUT2D eigenvalue weighted by molar-refractivity contribution is 5.79. The quantitative estimate of drug-likeness (QED) is 0.877. The van der Waals surface area contributed by atoms with Gasteiger partial charge >= 0.3 is 6.61 Å². The molecule has 6 heteroatoms. The molecule has 2 heterocycles. The van der Waals surface area contributed by atoms with Gasteiger partial charge in [-0.2, -0.15) is 8.78 Å². The average Bonchev–Trinajstić information content (AvgIpc) is 2.79. The molecule has 0 saturated carbocycles. The summed E-state index contributed by atoms with van der Waals surface area (Å²) in [5.74, 6) is -0.0744. The third-order valence-corrected chi connectivity index (χ3v) is 4.38. The van der Waals surface area contributed by atoms with E-state index in [0.717, 1.165) is 12.8 Å². The highest BCUT2D eigenvalue weighted by Crippen LogP contribution is 2.27. The second-order valence-corrected chi connectivity index (χ2v) is 6.04. The molecule has 1 amide bonds. The van der Waals surface area contributed by atoms with Crippen LogP contribution in [-0.4, -0.2) is 30.6 Å². The fourth-order valence-corrected chi connectivity index (χ4v) is 3.49. The maximum atomic E-state index is 12.4. The number of rotatable bonds is 5. The largest absolute Gasteiger partial charge is 0.435 e. The van der Waals surface area contributed by atoms with Crippen molar-refractivity contribution in [2.24, 2.45) is 0 Å². The maximum absolute atomic E-state index is 12.4. The van der Waals surface area contributed by atoms with Gasteiger partial charge in [0.15, 0.2) is 0 Å². The van der Waals surface area contributed by atoms with Crippen LogP contribution in [0.5, 0.6) is 5.75 Å². The van der Waals surface area contributed by atoms with Crippen molar-refractivity contribution < 1.29 is 18.3 Å². The molecular weight excluding hydrogens is 290 g/mol. The molecule has 2 bridgehead atoms. The summed E-state index contributed by atoms with van der Waals surface area (Å²) in [5, 5.41) is 6.55. The number of hydrogen-bond acceptors (Lipinski definition) is 3. The van der Waals surface area contributed by atoms with Crippen LogP contribution in [0.4, 0.5) is 8.78 Å². The number of halogens is 2. The first-order valence-electron chi connectivity index (χ1n) is 7.68. The normalized spacial score (nSPS) is 27.0. The molecule has 0 radical (unpaired) electrons. The van der Waals surface area contributed by atoms with Crippen molar-refractivity contribution >= 4 is 5.91 Å². The highest BCUT2D eigenvalue weighted by Gasteiger charge is 2.33. The molecule has 1 aromatic carbocycles. The van der Waals surface area contributed by atoms with Gasteiger partial charge in [-0.1, -0.05) is 18.2 Å². The van der Waals surface area contributed by atoms with Crippen LogP contribution in [0.25, 0.3) is 0 Å². The van der Waals surface area contributed by atoms with Gasteiger partial charge in [0.1, 0.15) is 5.75 Å². The molecule has 2 aliphatic rings. The lowest BCUT2D eigenvalue weighted by Crippen LogP contribution is -2.48. The molecule has 2 aliphatic heterocycles. The van der Waals surface area contributed by atoms with E-state index in [1.165, 1.54) is 18.9 Å². The van der Waals surface area contributed by atoms with Gasteiger partial charge in [0.25, 0.3) is 0 Å². The SMILES string of the molecule is O=C(Cc1ccccc1OC(F)F)NC1CC2CCC(C1)N2. The minimum atomic E-state index is -2.88. The molecule has 2 saturated heterocycles. The lowest BCUT2D eigenvalue weighted by Gasteiger charge is -2.29. The first-order valence-corrected chi connectivity index (χ1v) is 7.68. The van der Waals surface area contributed by atoms with Gasteiger partial charge in [-0.3, -0.25) is 4.79 Å². The molecule has 0 aliphatic carbocycles. The highest BCUT2D eigenvalue weighted by atomic mass is 19.3. The van der Waals surface area contributed by atoms with Gasteiger partial charge in [0.2, 0.25) is 5.91 Å². The van der Waals surface area contributed by atoms with E-state index in [2.05, 4.69) is 15.4 Å². The first kappa shape index (κ1) is 15.2. The lowest BCUT2D eigenvalue weighted by atomic mass is 9.99. The predicted molar refractivity (Wildman–Crippen MR) is 77.9 cm³/mol. The Bertz CT molecular complexity index is 527. The second-order valence-electron chi connectivity index (χ2n) is 6.04. The van der Waals surface area contributed by atoms with Gasteiger partial charge in [0, 0.05) is 23.7 Å². The van der Waals surface area contributed by atoms with Crippen molar-refractivity contribution in [1.29, 1.82) is 0 Å². The number of para-hydroxylation sites is 1. The summed E-state index contributed by atoms with van der Waals surface area (Å²) < 4.78 is 29.2. The van der Waals surface area contributed by atoms with Crippen LogP contribution in [0.3, 0.4) is 0 Å². The van der Waals surface area contributed by atoms with Crippen LogP contribution in [0.15, 0.2) is 24.3 Å². The molecule has 2 N–H and O–H groups in total. The maximum Gasteiger partial charge on any atom is 0.387 e. The zero-order valence-electron chi connectivity index (χ0n) is 12.2. The van der Waals surface area contributed by atoms with Crippen LogP contribution in [0.1, 0.15) is 31.2 Å². The topological polar surface area (TPSA) is 50.4 Å². The van der Waals surface area contributed by atoms with Gasteiger partial charge in [-0.25, -0.2) is 0 Å². The van der Waals surface area contributed by atoms with E-state index in [-0.39, 0.29) is 24.1 Å². The Balaban J connectivity index is 1.58. The third-order valence-electron chi connectivity index (χ3n) is 4.38. The molecule has 0 aromatic heterocycles. The smallest absolute Gasteiger partial charge is 0.387 e. The fourth-order valence-electron chi connectivity index (χ4n) is 3.49. The fraction of sp³-hybridized carbons (Fsp3) is 0.562. The van der Waals surface area contributed by atoms with Crippen molar-refractivity contribution in [2.75, 3.05) is 0 Å². The van der Waals surface area contributed by atoms with Crippen LogP contribution in [0, 0.1) is 0 Å². The number of hydrogen-bond donors (Lipinski definition) is 2. The minimum absolute atomic E-state index is 0.0577. The van der Waals surface area contributed by atoms with Gasteiger partial charge in [-0.05, 0) is 31.7 Å². The summed E-state index contributed by atoms with van der Waals surface area (Å²) >= 11 is 0. The minimum Gasteiger partial charge on any atom is -0.435 e.